The van der Waals surface area contributed by atoms with Gasteiger partial charge in [0.05, 0.1) is 25.5 Å². The van der Waals surface area contributed by atoms with E-state index < -0.39 is 0 Å². The molecule has 2 amide bonds. The summed E-state index contributed by atoms with van der Waals surface area (Å²) in [4.78, 5) is 26.5. The number of anilines is 3. The maximum absolute atomic E-state index is 12.8. The van der Waals surface area contributed by atoms with Gasteiger partial charge in [-0.05, 0) is 49.7 Å². The lowest BCUT2D eigenvalue weighted by Gasteiger charge is -2.21. The summed E-state index contributed by atoms with van der Waals surface area (Å²) < 4.78 is 10.8. The van der Waals surface area contributed by atoms with Crippen LogP contribution in [0.5, 0.6) is 11.5 Å². The van der Waals surface area contributed by atoms with E-state index >= 15 is 0 Å². The van der Waals surface area contributed by atoms with Gasteiger partial charge < -0.3 is 30.7 Å². The molecule has 0 unspecified atom stereocenters. The van der Waals surface area contributed by atoms with E-state index in [2.05, 4.69) is 10.6 Å². The maximum Gasteiger partial charge on any atom is 0.258 e. The SMILES string of the molecule is CC/C(Nc1ccc(N(CCCN)C(C)=O)cc1)=C1\C(=O)Nc2cc(OC)c(OC)cc21. The molecule has 2 aromatic rings. The lowest BCUT2D eigenvalue weighted by molar-refractivity contribution is -0.116. The average molecular weight is 439 g/mol. The molecule has 8 nitrogen and oxygen atoms in total. The third kappa shape index (κ3) is 4.70. The second kappa shape index (κ2) is 10.2. The van der Waals surface area contributed by atoms with Crippen LogP contribution in [0.1, 0.15) is 32.3 Å². The molecule has 1 heterocycles. The number of fused-ring (bicyclic) bond motifs is 1. The Labute approximate surface area is 188 Å². The molecule has 3 rings (SSSR count). The van der Waals surface area contributed by atoms with Gasteiger partial charge in [0.15, 0.2) is 11.5 Å². The van der Waals surface area contributed by atoms with Gasteiger partial charge in [-0.1, -0.05) is 6.92 Å². The molecule has 170 valence electrons. The maximum atomic E-state index is 12.8. The zero-order chi connectivity index (χ0) is 23.3. The molecule has 0 saturated carbocycles. The van der Waals surface area contributed by atoms with Gasteiger partial charge in [0.2, 0.25) is 5.91 Å². The summed E-state index contributed by atoms with van der Waals surface area (Å²) in [5, 5.41) is 6.27. The molecule has 1 aliphatic heterocycles. The van der Waals surface area contributed by atoms with Crippen molar-refractivity contribution in [3.05, 3.63) is 47.7 Å². The largest absolute Gasteiger partial charge is 0.493 e. The smallest absolute Gasteiger partial charge is 0.258 e. The first-order valence-corrected chi connectivity index (χ1v) is 10.6. The van der Waals surface area contributed by atoms with Gasteiger partial charge in [-0.2, -0.15) is 0 Å². The first-order valence-electron chi connectivity index (χ1n) is 10.6. The summed E-state index contributed by atoms with van der Waals surface area (Å²) in [6.07, 6.45) is 1.35. The Balaban J connectivity index is 1.91. The molecule has 0 aliphatic carbocycles. The Morgan fingerprint density at radius 1 is 1.12 bits per heavy atom. The molecule has 8 heteroatoms. The molecule has 0 atom stereocenters. The predicted molar refractivity (Wildman–Crippen MR) is 127 cm³/mol. The van der Waals surface area contributed by atoms with Crippen molar-refractivity contribution in [2.45, 2.75) is 26.7 Å². The Morgan fingerprint density at radius 2 is 1.78 bits per heavy atom. The highest BCUT2D eigenvalue weighted by Crippen LogP contribution is 2.42. The zero-order valence-corrected chi connectivity index (χ0v) is 19.0. The third-order valence-electron chi connectivity index (χ3n) is 5.36. The number of hydrogen-bond acceptors (Lipinski definition) is 6. The number of nitrogens with one attached hydrogen (secondary N) is 2. The van der Waals surface area contributed by atoms with Gasteiger partial charge in [0.1, 0.15) is 0 Å². The van der Waals surface area contributed by atoms with Crippen LogP contribution >= 0.6 is 0 Å². The summed E-state index contributed by atoms with van der Waals surface area (Å²) in [5.41, 5.74) is 10.0. The third-order valence-corrected chi connectivity index (χ3v) is 5.36. The van der Waals surface area contributed by atoms with Crippen LogP contribution in [0.15, 0.2) is 42.1 Å². The van der Waals surface area contributed by atoms with Gasteiger partial charge in [-0.25, -0.2) is 0 Å². The molecular weight excluding hydrogens is 408 g/mol. The number of rotatable bonds is 9. The standard InChI is InChI=1S/C24H30N4O4/c1-5-19(23-18-13-21(31-3)22(32-4)14-20(18)27-24(23)30)26-16-7-9-17(10-8-16)28(15(2)29)12-6-11-25/h7-10,13-14,26H,5-6,11-12,25H2,1-4H3,(H,27,30)/b23-19+. The van der Waals surface area contributed by atoms with Crippen molar-refractivity contribution in [2.24, 2.45) is 5.73 Å². The van der Waals surface area contributed by atoms with Crippen molar-refractivity contribution < 1.29 is 19.1 Å². The lowest BCUT2D eigenvalue weighted by atomic mass is 10.0. The van der Waals surface area contributed by atoms with E-state index in [9.17, 15) is 9.59 Å². The monoisotopic (exact) mass is 438 g/mol. The van der Waals surface area contributed by atoms with E-state index in [0.717, 1.165) is 29.1 Å². The molecule has 0 saturated heterocycles. The first kappa shape index (κ1) is 23.1. The van der Waals surface area contributed by atoms with Gasteiger partial charge in [0, 0.05) is 42.2 Å². The number of nitrogens with zero attached hydrogens (tertiary/aromatic N) is 1. The number of ether oxygens (including phenoxy) is 2. The Morgan fingerprint density at radius 3 is 2.34 bits per heavy atom. The summed E-state index contributed by atoms with van der Waals surface area (Å²) in [7, 11) is 3.12. The van der Waals surface area contributed by atoms with Crippen LogP contribution in [0.3, 0.4) is 0 Å². The van der Waals surface area contributed by atoms with E-state index in [4.69, 9.17) is 15.2 Å². The van der Waals surface area contributed by atoms with E-state index in [0.29, 0.717) is 42.3 Å². The number of benzene rings is 2. The highest BCUT2D eigenvalue weighted by molar-refractivity contribution is 6.32. The predicted octanol–water partition coefficient (Wildman–Crippen LogP) is 3.59. The van der Waals surface area contributed by atoms with Crippen molar-refractivity contribution in [2.75, 3.05) is 42.8 Å². The number of methoxy groups -OCH3 is 2. The molecule has 4 N–H and O–H groups in total. The zero-order valence-electron chi connectivity index (χ0n) is 19.0. The van der Waals surface area contributed by atoms with Crippen LogP contribution in [-0.2, 0) is 9.59 Å². The number of amides is 2. The molecule has 1 aliphatic rings. The molecule has 32 heavy (non-hydrogen) atoms. The molecule has 2 aromatic carbocycles. The van der Waals surface area contributed by atoms with Crippen LogP contribution in [0.2, 0.25) is 0 Å². The Kier molecular flexibility index (Phi) is 7.37. The Hall–Kier alpha value is -3.52. The van der Waals surface area contributed by atoms with Crippen molar-refractivity contribution >= 4 is 34.4 Å². The topological polar surface area (TPSA) is 106 Å². The van der Waals surface area contributed by atoms with E-state index in [1.54, 1.807) is 32.1 Å². The van der Waals surface area contributed by atoms with Gasteiger partial charge >= 0.3 is 0 Å². The molecule has 0 bridgehead atoms. The van der Waals surface area contributed by atoms with E-state index in [1.165, 1.54) is 0 Å². The van der Waals surface area contributed by atoms with Crippen LogP contribution in [0.4, 0.5) is 17.1 Å². The highest BCUT2D eigenvalue weighted by Gasteiger charge is 2.29. The summed E-state index contributed by atoms with van der Waals surface area (Å²) in [6.45, 7) is 4.63. The number of nitrogens with two attached hydrogens (primary N) is 1. The number of carbonyl (C=O) groups excluding carboxylic acids is 2. The number of hydrogen-bond donors (Lipinski definition) is 3. The number of carbonyl (C=O) groups is 2. The van der Waals surface area contributed by atoms with Crippen LogP contribution in [0.25, 0.3) is 5.57 Å². The van der Waals surface area contributed by atoms with Crippen LogP contribution < -0.4 is 30.7 Å². The fraction of sp³-hybridized carbons (Fsp3) is 0.333. The lowest BCUT2D eigenvalue weighted by Crippen LogP contribution is -2.30. The van der Waals surface area contributed by atoms with E-state index in [-0.39, 0.29) is 11.8 Å². The van der Waals surface area contributed by atoms with Gasteiger partial charge in [-0.15, -0.1) is 0 Å². The van der Waals surface area contributed by atoms with Crippen LogP contribution in [-0.4, -0.2) is 39.1 Å². The van der Waals surface area contributed by atoms with Crippen molar-refractivity contribution in [1.29, 1.82) is 0 Å². The fourth-order valence-electron chi connectivity index (χ4n) is 3.74. The molecule has 0 radical (unpaired) electrons. The minimum absolute atomic E-state index is 0.0286. The summed E-state index contributed by atoms with van der Waals surface area (Å²) in [5.74, 6) is 0.904. The minimum atomic E-state index is -0.180. The summed E-state index contributed by atoms with van der Waals surface area (Å²) >= 11 is 0. The van der Waals surface area contributed by atoms with Crippen LogP contribution in [0, 0.1) is 0 Å². The average Bonchev–Trinajstić information content (AvgIpc) is 3.11. The van der Waals surface area contributed by atoms with Crippen molar-refractivity contribution in [1.82, 2.24) is 0 Å². The Bertz CT molecular complexity index is 1030. The van der Waals surface area contributed by atoms with E-state index in [1.807, 2.05) is 37.3 Å². The van der Waals surface area contributed by atoms with Crippen molar-refractivity contribution in [3.8, 4) is 11.5 Å². The molecule has 0 aromatic heterocycles. The normalized spacial score (nSPS) is 13.8. The fourth-order valence-corrected chi connectivity index (χ4v) is 3.74. The quantitative estimate of drug-likeness (QED) is 0.517. The van der Waals surface area contributed by atoms with Gasteiger partial charge in [0.25, 0.3) is 5.91 Å². The minimum Gasteiger partial charge on any atom is -0.493 e. The van der Waals surface area contributed by atoms with Crippen molar-refractivity contribution in [3.63, 3.8) is 0 Å². The summed E-state index contributed by atoms with van der Waals surface area (Å²) in [6, 6.07) is 11.1. The molecular formula is C24H30N4O4. The second-order valence-electron chi connectivity index (χ2n) is 7.40. The van der Waals surface area contributed by atoms with Gasteiger partial charge in [-0.3, -0.25) is 9.59 Å². The molecule has 0 spiro atoms. The number of allylic oxidation sites excluding steroid dienone is 1. The molecule has 0 fully saturated rings. The second-order valence-corrected chi connectivity index (χ2v) is 7.40. The first-order chi connectivity index (χ1) is 15.4. The highest BCUT2D eigenvalue weighted by atomic mass is 16.5.